The monoisotopic (exact) mass is 257 g/mol. The van der Waals surface area contributed by atoms with Gasteiger partial charge in [-0.2, -0.15) is 5.26 Å². The van der Waals surface area contributed by atoms with E-state index < -0.39 is 0 Å². The van der Waals surface area contributed by atoms with E-state index in [0.29, 0.717) is 0 Å². The van der Waals surface area contributed by atoms with Crippen LogP contribution in [0, 0.1) is 16.7 Å². The lowest BCUT2D eigenvalue weighted by Crippen LogP contribution is -2.30. The third kappa shape index (κ3) is 2.03. The molecule has 0 spiro atoms. The summed E-state index contributed by atoms with van der Waals surface area (Å²) in [5, 5.41) is 13.0. The molecule has 1 aliphatic heterocycles. The lowest BCUT2D eigenvalue weighted by atomic mass is 9.76. The van der Waals surface area contributed by atoms with E-state index >= 15 is 0 Å². The Labute approximate surface area is 111 Å². The quantitative estimate of drug-likeness (QED) is 0.820. The maximum atomic E-state index is 9.51. The van der Waals surface area contributed by atoms with Crippen molar-refractivity contribution in [2.24, 2.45) is 5.41 Å². The molecule has 0 saturated carbocycles. The summed E-state index contributed by atoms with van der Waals surface area (Å²) >= 11 is 1.77. The van der Waals surface area contributed by atoms with Crippen LogP contribution >= 0.6 is 11.3 Å². The van der Waals surface area contributed by atoms with Crippen molar-refractivity contribution in [2.45, 2.75) is 19.3 Å². The zero-order valence-corrected chi connectivity index (χ0v) is 11.0. The molecule has 1 aromatic carbocycles. The lowest BCUT2D eigenvalue weighted by Gasteiger charge is -2.30. The summed E-state index contributed by atoms with van der Waals surface area (Å²) in [6, 6.07) is 11.0. The number of thiophene rings is 1. The van der Waals surface area contributed by atoms with E-state index in [9.17, 15) is 5.26 Å². The Kier molecular flexibility index (Phi) is 3.07. The first-order chi connectivity index (χ1) is 8.83. The minimum absolute atomic E-state index is 0.220. The highest BCUT2D eigenvalue weighted by molar-refractivity contribution is 7.17. The highest BCUT2D eigenvalue weighted by Crippen LogP contribution is 2.37. The normalized spacial score (nSPS) is 18.6. The standard InChI is InChI=1S/C15H15NOS/c16-11-15(5-7-17-8-6-15)9-12-10-18-14-4-2-1-3-13(12)14/h1-4,10H,5-9H2. The predicted molar refractivity (Wildman–Crippen MR) is 73.6 cm³/mol. The Morgan fingerprint density at radius 1 is 1.28 bits per heavy atom. The minimum atomic E-state index is -0.220. The number of fused-ring (bicyclic) bond motifs is 1. The van der Waals surface area contributed by atoms with Crippen LogP contribution in [-0.2, 0) is 11.2 Å². The van der Waals surface area contributed by atoms with E-state index in [0.717, 1.165) is 32.5 Å². The molecule has 0 unspecified atom stereocenters. The second-order valence-electron chi connectivity index (χ2n) is 4.94. The first kappa shape index (κ1) is 11.7. The molecule has 0 N–H and O–H groups in total. The van der Waals surface area contributed by atoms with Crippen LogP contribution in [-0.4, -0.2) is 13.2 Å². The molecule has 3 rings (SSSR count). The van der Waals surface area contributed by atoms with Crippen molar-refractivity contribution in [3.05, 3.63) is 35.2 Å². The molecule has 0 atom stereocenters. The summed E-state index contributed by atoms with van der Waals surface area (Å²) in [7, 11) is 0. The van der Waals surface area contributed by atoms with Crippen molar-refractivity contribution in [1.29, 1.82) is 5.26 Å². The number of nitrogens with zero attached hydrogens (tertiary/aromatic N) is 1. The number of nitriles is 1. The maximum Gasteiger partial charge on any atom is 0.0695 e. The first-order valence-electron chi connectivity index (χ1n) is 6.27. The Balaban J connectivity index is 1.93. The van der Waals surface area contributed by atoms with E-state index in [2.05, 4.69) is 35.7 Å². The molecule has 2 nitrogen and oxygen atoms in total. The van der Waals surface area contributed by atoms with Gasteiger partial charge >= 0.3 is 0 Å². The fourth-order valence-electron chi connectivity index (χ4n) is 2.62. The molecular formula is C15H15NOS. The second kappa shape index (κ2) is 4.72. The van der Waals surface area contributed by atoms with Crippen LogP contribution in [0.25, 0.3) is 10.1 Å². The summed E-state index contributed by atoms with van der Waals surface area (Å²) in [6.07, 6.45) is 2.57. The van der Waals surface area contributed by atoms with Crippen molar-refractivity contribution in [3.63, 3.8) is 0 Å². The molecule has 0 bridgehead atoms. The molecule has 2 heterocycles. The lowest BCUT2D eigenvalue weighted by molar-refractivity contribution is 0.0408. The van der Waals surface area contributed by atoms with Crippen LogP contribution in [0.2, 0.25) is 0 Å². The third-order valence-corrected chi connectivity index (χ3v) is 4.79. The number of benzene rings is 1. The Morgan fingerprint density at radius 2 is 2.06 bits per heavy atom. The van der Waals surface area contributed by atoms with Gasteiger partial charge < -0.3 is 4.74 Å². The first-order valence-corrected chi connectivity index (χ1v) is 7.15. The van der Waals surface area contributed by atoms with Gasteiger partial charge in [-0.1, -0.05) is 18.2 Å². The van der Waals surface area contributed by atoms with Gasteiger partial charge in [-0.05, 0) is 41.7 Å². The van der Waals surface area contributed by atoms with E-state index in [-0.39, 0.29) is 5.41 Å². The summed E-state index contributed by atoms with van der Waals surface area (Å²) in [5.74, 6) is 0. The molecule has 92 valence electrons. The molecule has 1 fully saturated rings. The summed E-state index contributed by atoms with van der Waals surface area (Å²) in [6.45, 7) is 1.44. The Hall–Kier alpha value is -1.37. The smallest absolute Gasteiger partial charge is 0.0695 e. The molecule has 0 aliphatic carbocycles. The number of ether oxygens (including phenoxy) is 1. The largest absolute Gasteiger partial charge is 0.381 e. The van der Waals surface area contributed by atoms with Crippen molar-refractivity contribution in [1.82, 2.24) is 0 Å². The molecular weight excluding hydrogens is 242 g/mol. The minimum Gasteiger partial charge on any atom is -0.381 e. The molecule has 1 aromatic heterocycles. The molecule has 1 aliphatic rings. The molecule has 2 aromatic rings. The van der Waals surface area contributed by atoms with Gasteiger partial charge in [-0.3, -0.25) is 0 Å². The van der Waals surface area contributed by atoms with Crippen molar-refractivity contribution in [3.8, 4) is 6.07 Å². The average molecular weight is 257 g/mol. The molecule has 1 saturated heterocycles. The van der Waals surface area contributed by atoms with Gasteiger partial charge in [0.15, 0.2) is 0 Å². The maximum absolute atomic E-state index is 9.51. The summed E-state index contributed by atoms with van der Waals surface area (Å²) in [4.78, 5) is 0. The van der Waals surface area contributed by atoms with Crippen LogP contribution in [0.5, 0.6) is 0 Å². The SMILES string of the molecule is N#CC1(Cc2csc3ccccc23)CCOCC1. The zero-order chi connectivity index (χ0) is 12.4. The second-order valence-corrected chi connectivity index (χ2v) is 5.85. The number of hydrogen-bond acceptors (Lipinski definition) is 3. The van der Waals surface area contributed by atoms with Gasteiger partial charge in [0.25, 0.3) is 0 Å². The fourth-order valence-corrected chi connectivity index (χ4v) is 3.59. The van der Waals surface area contributed by atoms with E-state index in [4.69, 9.17) is 4.74 Å². The van der Waals surface area contributed by atoms with Crippen molar-refractivity contribution < 1.29 is 4.74 Å². The topological polar surface area (TPSA) is 33.0 Å². The van der Waals surface area contributed by atoms with Crippen molar-refractivity contribution >= 4 is 21.4 Å². The molecule has 3 heteroatoms. The van der Waals surface area contributed by atoms with Gasteiger partial charge in [0.1, 0.15) is 0 Å². The highest BCUT2D eigenvalue weighted by atomic mass is 32.1. The van der Waals surface area contributed by atoms with Crippen LogP contribution in [0.4, 0.5) is 0 Å². The van der Waals surface area contributed by atoms with E-state index in [1.54, 1.807) is 11.3 Å². The van der Waals surface area contributed by atoms with Crippen LogP contribution < -0.4 is 0 Å². The third-order valence-electron chi connectivity index (χ3n) is 3.78. The highest BCUT2D eigenvalue weighted by Gasteiger charge is 2.33. The summed E-state index contributed by atoms with van der Waals surface area (Å²) in [5.41, 5.74) is 1.10. The van der Waals surface area contributed by atoms with E-state index in [1.807, 2.05) is 0 Å². The van der Waals surface area contributed by atoms with Crippen LogP contribution in [0.15, 0.2) is 29.6 Å². The van der Waals surface area contributed by atoms with Gasteiger partial charge in [-0.15, -0.1) is 11.3 Å². The summed E-state index contributed by atoms with van der Waals surface area (Å²) < 4.78 is 6.70. The van der Waals surface area contributed by atoms with Gasteiger partial charge in [0.05, 0.1) is 11.5 Å². The van der Waals surface area contributed by atoms with Crippen molar-refractivity contribution in [2.75, 3.05) is 13.2 Å². The predicted octanol–water partition coefficient (Wildman–Crippen LogP) is 3.76. The fraction of sp³-hybridized carbons (Fsp3) is 0.400. The molecule has 0 amide bonds. The van der Waals surface area contributed by atoms with Gasteiger partial charge in [0, 0.05) is 17.9 Å². The number of rotatable bonds is 2. The Bertz CT molecular complexity index is 590. The zero-order valence-electron chi connectivity index (χ0n) is 10.2. The van der Waals surface area contributed by atoms with E-state index in [1.165, 1.54) is 15.6 Å². The number of hydrogen-bond donors (Lipinski definition) is 0. The average Bonchev–Trinajstić information content (AvgIpc) is 2.83. The van der Waals surface area contributed by atoms with Gasteiger partial charge in [0.2, 0.25) is 0 Å². The Morgan fingerprint density at radius 3 is 2.83 bits per heavy atom. The molecule has 0 radical (unpaired) electrons. The van der Waals surface area contributed by atoms with Gasteiger partial charge in [-0.25, -0.2) is 0 Å². The van der Waals surface area contributed by atoms with Crippen LogP contribution in [0.3, 0.4) is 0 Å². The van der Waals surface area contributed by atoms with Crippen LogP contribution in [0.1, 0.15) is 18.4 Å². The molecule has 18 heavy (non-hydrogen) atoms.